The second kappa shape index (κ2) is 7.15. The summed E-state index contributed by atoms with van der Waals surface area (Å²) in [6, 6.07) is 5.88. The third-order valence-electron chi connectivity index (χ3n) is 4.48. The minimum Gasteiger partial charge on any atom is -0.366 e. The van der Waals surface area contributed by atoms with E-state index in [9.17, 15) is 0 Å². The predicted molar refractivity (Wildman–Crippen MR) is 96.3 cm³/mol. The molecule has 2 rings (SSSR count). The Hall–Kier alpha value is -0.540. The van der Waals surface area contributed by atoms with Crippen LogP contribution in [0.1, 0.15) is 44.7 Å². The second-order valence-corrected chi connectivity index (χ2v) is 7.64. The summed E-state index contributed by atoms with van der Waals surface area (Å²) in [4.78, 5) is 2.62. The van der Waals surface area contributed by atoms with Gasteiger partial charge in [-0.05, 0) is 55.9 Å². The minimum absolute atomic E-state index is 0.605. The molecule has 3 heteroatoms. The maximum Gasteiger partial charge on any atom is 0.0412 e. The van der Waals surface area contributed by atoms with Gasteiger partial charge in [-0.2, -0.15) is 0 Å². The summed E-state index contributed by atoms with van der Waals surface area (Å²) in [5.41, 5.74) is 4.05. The molecule has 1 N–H and O–H groups in total. The molecule has 1 aromatic rings. The normalized spacial score (nSPS) is 22.9. The Balaban J connectivity index is 2.24. The highest BCUT2D eigenvalue weighted by molar-refractivity contribution is 9.10. The molecular weight excluding hydrogens is 324 g/mol. The molecule has 1 aliphatic rings. The van der Waals surface area contributed by atoms with Crippen LogP contribution < -0.4 is 10.2 Å². The summed E-state index contributed by atoms with van der Waals surface area (Å²) >= 11 is 3.68. The van der Waals surface area contributed by atoms with Crippen LogP contribution in [0.25, 0.3) is 0 Å². The molecule has 2 unspecified atom stereocenters. The molecule has 21 heavy (non-hydrogen) atoms. The number of hydrogen-bond donors (Lipinski definition) is 1. The highest BCUT2D eigenvalue weighted by atomic mass is 79.9. The minimum atomic E-state index is 0.605. The maximum atomic E-state index is 3.74. The first-order valence-corrected chi connectivity index (χ1v) is 8.98. The fourth-order valence-electron chi connectivity index (χ4n) is 3.36. The van der Waals surface area contributed by atoms with E-state index < -0.39 is 0 Å². The molecule has 1 aliphatic heterocycles. The van der Waals surface area contributed by atoms with Crippen molar-refractivity contribution in [3.05, 3.63) is 27.7 Å². The standard InChI is InChI=1S/C18H29BrN2/c1-6-16-10-20-15(7-12(2)3)11-21(16)17-8-13(4)18(19)14(5)9-17/h8-9,12,15-16,20H,6-7,10-11H2,1-5H3. The lowest BCUT2D eigenvalue weighted by Crippen LogP contribution is -2.56. The zero-order valence-corrected chi connectivity index (χ0v) is 15.6. The van der Waals surface area contributed by atoms with Gasteiger partial charge in [0.2, 0.25) is 0 Å². The van der Waals surface area contributed by atoms with Gasteiger partial charge in [0.05, 0.1) is 0 Å². The predicted octanol–water partition coefficient (Wildman–Crippen LogP) is 4.67. The highest BCUT2D eigenvalue weighted by Crippen LogP contribution is 2.30. The summed E-state index contributed by atoms with van der Waals surface area (Å²) in [5.74, 6) is 0.746. The van der Waals surface area contributed by atoms with Crippen LogP contribution in [0.5, 0.6) is 0 Å². The van der Waals surface area contributed by atoms with Crippen LogP contribution in [0.2, 0.25) is 0 Å². The van der Waals surface area contributed by atoms with Gasteiger partial charge >= 0.3 is 0 Å². The Morgan fingerprint density at radius 2 is 1.90 bits per heavy atom. The number of nitrogens with zero attached hydrogens (tertiary/aromatic N) is 1. The van der Waals surface area contributed by atoms with E-state index in [0.717, 1.165) is 19.0 Å². The lowest BCUT2D eigenvalue weighted by molar-refractivity contribution is 0.343. The van der Waals surface area contributed by atoms with Crippen LogP contribution in [0, 0.1) is 19.8 Å². The van der Waals surface area contributed by atoms with Crippen LogP contribution in [0.4, 0.5) is 5.69 Å². The van der Waals surface area contributed by atoms with Gasteiger partial charge in [0.1, 0.15) is 0 Å². The van der Waals surface area contributed by atoms with Crippen molar-refractivity contribution in [2.75, 3.05) is 18.0 Å². The largest absolute Gasteiger partial charge is 0.366 e. The number of nitrogens with one attached hydrogen (secondary N) is 1. The van der Waals surface area contributed by atoms with Gasteiger partial charge in [-0.1, -0.05) is 36.7 Å². The molecule has 2 nitrogen and oxygen atoms in total. The molecule has 0 spiro atoms. The van der Waals surface area contributed by atoms with Gasteiger partial charge in [0.25, 0.3) is 0 Å². The van der Waals surface area contributed by atoms with E-state index >= 15 is 0 Å². The van der Waals surface area contributed by atoms with E-state index in [1.54, 1.807) is 0 Å². The molecule has 2 atom stereocenters. The van der Waals surface area contributed by atoms with Crippen molar-refractivity contribution in [1.82, 2.24) is 5.32 Å². The number of benzene rings is 1. The van der Waals surface area contributed by atoms with E-state index in [-0.39, 0.29) is 0 Å². The number of rotatable bonds is 4. The van der Waals surface area contributed by atoms with Crippen LogP contribution in [0.15, 0.2) is 16.6 Å². The van der Waals surface area contributed by atoms with Crippen molar-refractivity contribution in [2.45, 2.75) is 59.5 Å². The molecule has 0 amide bonds. The summed E-state index contributed by atoms with van der Waals surface area (Å²) in [7, 11) is 0. The summed E-state index contributed by atoms with van der Waals surface area (Å²) in [6.45, 7) is 13.5. The third kappa shape index (κ3) is 4.01. The van der Waals surface area contributed by atoms with Gasteiger partial charge in [0, 0.05) is 35.3 Å². The molecule has 1 saturated heterocycles. The molecule has 0 aliphatic carbocycles. The maximum absolute atomic E-state index is 3.74. The molecular formula is C18H29BrN2. The Kier molecular flexibility index (Phi) is 5.73. The Morgan fingerprint density at radius 3 is 2.43 bits per heavy atom. The second-order valence-electron chi connectivity index (χ2n) is 6.84. The summed E-state index contributed by atoms with van der Waals surface area (Å²) in [5, 5.41) is 3.74. The summed E-state index contributed by atoms with van der Waals surface area (Å²) in [6.07, 6.45) is 2.44. The van der Waals surface area contributed by atoms with Gasteiger partial charge in [-0.25, -0.2) is 0 Å². The van der Waals surface area contributed by atoms with Crippen molar-refractivity contribution in [1.29, 1.82) is 0 Å². The van der Waals surface area contributed by atoms with Crippen LogP contribution in [-0.4, -0.2) is 25.2 Å². The Labute approximate surface area is 138 Å². The number of aryl methyl sites for hydroxylation is 2. The number of anilines is 1. The van der Waals surface area contributed by atoms with E-state index in [4.69, 9.17) is 0 Å². The average Bonchev–Trinajstić information content (AvgIpc) is 2.43. The SMILES string of the molecule is CCC1CNC(CC(C)C)CN1c1cc(C)c(Br)c(C)c1. The monoisotopic (exact) mass is 352 g/mol. The van der Waals surface area contributed by atoms with Crippen LogP contribution in [0.3, 0.4) is 0 Å². The molecule has 1 heterocycles. The number of hydrogen-bond acceptors (Lipinski definition) is 2. The number of halogens is 1. The topological polar surface area (TPSA) is 15.3 Å². The molecule has 0 radical (unpaired) electrons. The lowest BCUT2D eigenvalue weighted by atomic mass is 9.98. The van der Waals surface area contributed by atoms with E-state index in [2.05, 4.69) is 72.9 Å². The zero-order valence-electron chi connectivity index (χ0n) is 14.0. The van der Waals surface area contributed by atoms with Gasteiger partial charge in [-0.3, -0.25) is 0 Å². The third-order valence-corrected chi connectivity index (χ3v) is 5.73. The smallest absolute Gasteiger partial charge is 0.0412 e. The average molecular weight is 353 g/mol. The van der Waals surface area contributed by atoms with Gasteiger partial charge in [0.15, 0.2) is 0 Å². The van der Waals surface area contributed by atoms with Crippen LogP contribution in [-0.2, 0) is 0 Å². The highest BCUT2D eigenvalue weighted by Gasteiger charge is 2.27. The van der Waals surface area contributed by atoms with Gasteiger partial charge in [-0.15, -0.1) is 0 Å². The molecule has 1 fully saturated rings. The summed E-state index contributed by atoms with van der Waals surface area (Å²) < 4.78 is 1.24. The van der Waals surface area contributed by atoms with Crippen molar-refractivity contribution >= 4 is 21.6 Å². The van der Waals surface area contributed by atoms with E-state index in [1.807, 2.05) is 0 Å². The van der Waals surface area contributed by atoms with Gasteiger partial charge < -0.3 is 10.2 Å². The molecule has 1 aromatic carbocycles. The van der Waals surface area contributed by atoms with Crippen molar-refractivity contribution < 1.29 is 0 Å². The molecule has 118 valence electrons. The lowest BCUT2D eigenvalue weighted by Gasteiger charge is -2.42. The first-order chi connectivity index (χ1) is 9.92. The first kappa shape index (κ1) is 16.8. The fraction of sp³-hybridized carbons (Fsp3) is 0.667. The molecule has 0 saturated carbocycles. The van der Waals surface area contributed by atoms with Crippen molar-refractivity contribution in [2.24, 2.45) is 5.92 Å². The van der Waals surface area contributed by atoms with Crippen molar-refractivity contribution in [3.8, 4) is 0 Å². The Morgan fingerprint density at radius 1 is 1.29 bits per heavy atom. The number of piperazine rings is 1. The van der Waals surface area contributed by atoms with E-state index in [0.29, 0.717) is 12.1 Å². The molecule has 0 aromatic heterocycles. The quantitative estimate of drug-likeness (QED) is 0.846. The molecule has 0 bridgehead atoms. The van der Waals surface area contributed by atoms with E-state index in [1.165, 1.54) is 34.1 Å². The fourth-order valence-corrected chi connectivity index (χ4v) is 3.59. The zero-order chi connectivity index (χ0) is 15.6. The van der Waals surface area contributed by atoms with Crippen molar-refractivity contribution in [3.63, 3.8) is 0 Å². The Bertz CT molecular complexity index is 461. The first-order valence-electron chi connectivity index (χ1n) is 8.19. The van der Waals surface area contributed by atoms with Crippen LogP contribution >= 0.6 is 15.9 Å².